The van der Waals surface area contributed by atoms with E-state index in [1.165, 1.54) is 6.42 Å². The quantitative estimate of drug-likeness (QED) is 0.743. The van der Waals surface area contributed by atoms with E-state index in [1.54, 1.807) is 6.07 Å². The van der Waals surface area contributed by atoms with Crippen molar-refractivity contribution in [1.29, 1.82) is 0 Å². The van der Waals surface area contributed by atoms with Gasteiger partial charge in [0.2, 0.25) is 0 Å². The van der Waals surface area contributed by atoms with E-state index in [0.29, 0.717) is 23.4 Å². The minimum atomic E-state index is -0.287. The highest BCUT2D eigenvalue weighted by Gasteiger charge is 2.42. The fourth-order valence-corrected chi connectivity index (χ4v) is 3.53. The molecule has 0 unspecified atom stereocenters. The van der Waals surface area contributed by atoms with Crippen LogP contribution in [0.1, 0.15) is 48.9 Å². The zero-order valence-corrected chi connectivity index (χ0v) is 11.8. The first-order valence-electron chi connectivity index (χ1n) is 6.41. The number of hydrogen-bond acceptors (Lipinski definition) is 3. The second-order valence-electron chi connectivity index (χ2n) is 5.32. The molecule has 2 N–H and O–H groups in total. The number of fused-ring (bicyclic) bond motifs is 1. The number of rotatable bonds is 0. The Hall–Kier alpha value is -1.03. The summed E-state index contributed by atoms with van der Waals surface area (Å²) in [5.41, 5.74) is 6.88. The van der Waals surface area contributed by atoms with Gasteiger partial charge in [0.05, 0.1) is 17.7 Å². The van der Waals surface area contributed by atoms with Gasteiger partial charge in [0.25, 0.3) is 0 Å². The molecule has 0 bridgehead atoms. The Morgan fingerprint density at radius 1 is 1.22 bits per heavy atom. The first-order valence-corrected chi connectivity index (χ1v) is 7.20. The Kier molecular flexibility index (Phi) is 2.85. The fourth-order valence-electron chi connectivity index (χ4n) is 3.05. The van der Waals surface area contributed by atoms with Gasteiger partial charge in [0.15, 0.2) is 11.5 Å². The monoisotopic (exact) mass is 309 g/mol. The topological polar surface area (TPSA) is 52.3 Å². The lowest BCUT2D eigenvalue weighted by Gasteiger charge is -2.41. The summed E-state index contributed by atoms with van der Waals surface area (Å²) < 4.78 is 6.98. The minimum Gasteiger partial charge on any atom is -0.484 e. The standard InChI is InChI=1S/C14H16BrNO2/c15-9-6-10-12(17)8-14(4-2-1-3-5-14)18-13(10)11(16)7-9/h6-7H,1-5,8,16H2. The molecule has 18 heavy (non-hydrogen) atoms. The second-order valence-corrected chi connectivity index (χ2v) is 6.23. The summed E-state index contributed by atoms with van der Waals surface area (Å²) in [6.07, 6.45) is 5.94. The van der Waals surface area contributed by atoms with E-state index in [0.717, 1.165) is 30.2 Å². The lowest BCUT2D eigenvalue weighted by Crippen LogP contribution is -2.43. The van der Waals surface area contributed by atoms with Crippen LogP contribution in [0.25, 0.3) is 0 Å². The van der Waals surface area contributed by atoms with Gasteiger partial charge in [-0.05, 0) is 37.8 Å². The summed E-state index contributed by atoms with van der Waals surface area (Å²) in [6, 6.07) is 3.61. The van der Waals surface area contributed by atoms with Gasteiger partial charge in [-0.2, -0.15) is 0 Å². The summed E-state index contributed by atoms with van der Waals surface area (Å²) >= 11 is 3.37. The van der Waals surface area contributed by atoms with Crippen LogP contribution >= 0.6 is 15.9 Å². The van der Waals surface area contributed by atoms with Crippen molar-refractivity contribution in [2.45, 2.75) is 44.1 Å². The minimum absolute atomic E-state index is 0.158. The van der Waals surface area contributed by atoms with E-state index in [9.17, 15) is 4.79 Å². The molecule has 1 saturated carbocycles. The number of Topliss-reactive ketones (excluding diaryl/α,β-unsaturated/α-hetero) is 1. The van der Waals surface area contributed by atoms with Crippen LogP contribution in [0.3, 0.4) is 0 Å². The van der Waals surface area contributed by atoms with Crippen LogP contribution in [0.4, 0.5) is 5.69 Å². The molecule has 0 aromatic heterocycles. The van der Waals surface area contributed by atoms with Crippen molar-refractivity contribution in [2.75, 3.05) is 5.73 Å². The molecule has 0 amide bonds. The van der Waals surface area contributed by atoms with Crippen molar-refractivity contribution >= 4 is 27.4 Å². The third kappa shape index (κ3) is 1.92. The molecule has 4 heteroatoms. The Balaban J connectivity index is 2.04. The highest BCUT2D eigenvalue weighted by Crippen LogP contribution is 2.44. The normalized spacial score (nSPS) is 21.5. The first kappa shape index (κ1) is 12.0. The van der Waals surface area contributed by atoms with Crippen molar-refractivity contribution in [3.8, 4) is 5.75 Å². The number of carbonyl (C=O) groups excluding carboxylic acids is 1. The van der Waals surface area contributed by atoms with Crippen molar-refractivity contribution in [3.05, 3.63) is 22.2 Å². The van der Waals surface area contributed by atoms with Gasteiger partial charge in [-0.3, -0.25) is 4.79 Å². The summed E-state index contributed by atoms with van der Waals surface area (Å²) in [5, 5.41) is 0. The largest absolute Gasteiger partial charge is 0.484 e. The molecule has 3 nitrogen and oxygen atoms in total. The highest BCUT2D eigenvalue weighted by molar-refractivity contribution is 9.10. The molecule has 1 spiro atoms. The molecule has 0 atom stereocenters. The maximum atomic E-state index is 12.3. The Morgan fingerprint density at radius 3 is 2.67 bits per heavy atom. The number of ketones is 1. The molecular formula is C14H16BrNO2. The molecule has 0 radical (unpaired) electrons. The third-order valence-electron chi connectivity index (χ3n) is 3.95. The summed E-state index contributed by atoms with van der Waals surface area (Å²) in [5.74, 6) is 0.752. The Morgan fingerprint density at radius 2 is 1.94 bits per heavy atom. The summed E-state index contributed by atoms with van der Waals surface area (Å²) in [7, 11) is 0. The molecule has 96 valence electrons. The molecule has 1 aromatic carbocycles. The van der Waals surface area contributed by atoms with Crippen LogP contribution in [0.5, 0.6) is 5.75 Å². The lowest BCUT2D eigenvalue weighted by atomic mass is 9.78. The zero-order chi connectivity index (χ0) is 12.8. The van der Waals surface area contributed by atoms with E-state index >= 15 is 0 Å². The smallest absolute Gasteiger partial charge is 0.170 e. The third-order valence-corrected chi connectivity index (χ3v) is 4.41. The van der Waals surface area contributed by atoms with E-state index in [-0.39, 0.29) is 11.4 Å². The fraction of sp³-hybridized carbons (Fsp3) is 0.500. The van der Waals surface area contributed by atoms with Crippen LogP contribution in [0.15, 0.2) is 16.6 Å². The predicted molar refractivity (Wildman–Crippen MR) is 73.9 cm³/mol. The van der Waals surface area contributed by atoms with Crippen LogP contribution in [-0.2, 0) is 0 Å². The van der Waals surface area contributed by atoms with Gasteiger partial charge in [0, 0.05) is 4.47 Å². The molecule has 0 saturated heterocycles. The number of nitrogen functional groups attached to an aromatic ring is 1. The summed E-state index contributed by atoms with van der Waals surface area (Å²) in [4.78, 5) is 12.3. The van der Waals surface area contributed by atoms with Crippen molar-refractivity contribution < 1.29 is 9.53 Å². The van der Waals surface area contributed by atoms with E-state index < -0.39 is 0 Å². The van der Waals surface area contributed by atoms with Crippen LogP contribution < -0.4 is 10.5 Å². The van der Waals surface area contributed by atoms with Crippen molar-refractivity contribution in [1.82, 2.24) is 0 Å². The summed E-state index contributed by atoms with van der Waals surface area (Å²) in [6.45, 7) is 0. The zero-order valence-electron chi connectivity index (χ0n) is 10.2. The van der Waals surface area contributed by atoms with Gasteiger partial charge >= 0.3 is 0 Å². The van der Waals surface area contributed by atoms with Gasteiger partial charge in [0.1, 0.15) is 5.60 Å². The van der Waals surface area contributed by atoms with Gasteiger partial charge < -0.3 is 10.5 Å². The van der Waals surface area contributed by atoms with Gasteiger partial charge in [-0.25, -0.2) is 0 Å². The van der Waals surface area contributed by atoms with E-state index in [2.05, 4.69) is 15.9 Å². The number of nitrogens with two attached hydrogens (primary N) is 1. The molecule has 1 fully saturated rings. The molecular weight excluding hydrogens is 294 g/mol. The number of anilines is 1. The van der Waals surface area contributed by atoms with Crippen molar-refractivity contribution in [2.24, 2.45) is 0 Å². The molecule has 1 aliphatic heterocycles. The average Bonchev–Trinajstić information content (AvgIpc) is 2.32. The Bertz CT molecular complexity index is 507. The van der Waals surface area contributed by atoms with Gasteiger partial charge in [-0.1, -0.05) is 22.4 Å². The number of halogens is 1. The van der Waals surface area contributed by atoms with Crippen LogP contribution in [0.2, 0.25) is 0 Å². The Labute approximate surface area is 115 Å². The number of carbonyl (C=O) groups is 1. The highest BCUT2D eigenvalue weighted by atomic mass is 79.9. The SMILES string of the molecule is Nc1cc(Br)cc2c1OC1(CCCCC1)CC2=O. The molecule has 1 heterocycles. The molecule has 1 aromatic rings. The van der Waals surface area contributed by atoms with E-state index in [1.807, 2.05) is 6.07 Å². The predicted octanol–water partition coefficient (Wildman–Crippen LogP) is 3.70. The molecule has 2 aliphatic rings. The van der Waals surface area contributed by atoms with Crippen LogP contribution in [-0.4, -0.2) is 11.4 Å². The van der Waals surface area contributed by atoms with Crippen LogP contribution in [0, 0.1) is 0 Å². The maximum Gasteiger partial charge on any atom is 0.170 e. The molecule has 3 rings (SSSR count). The van der Waals surface area contributed by atoms with Crippen molar-refractivity contribution in [3.63, 3.8) is 0 Å². The second kappa shape index (κ2) is 4.26. The molecule has 1 aliphatic carbocycles. The average molecular weight is 310 g/mol. The number of hydrogen-bond donors (Lipinski definition) is 1. The first-order chi connectivity index (χ1) is 8.60. The number of ether oxygens (including phenoxy) is 1. The number of benzene rings is 1. The van der Waals surface area contributed by atoms with Gasteiger partial charge in [-0.15, -0.1) is 0 Å². The van der Waals surface area contributed by atoms with E-state index in [4.69, 9.17) is 10.5 Å². The maximum absolute atomic E-state index is 12.3. The lowest BCUT2D eigenvalue weighted by molar-refractivity contribution is 0.0142.